The van der Waals surface area contributed by atoms with Crippen LogP contribution in [-0.2, 0) is 4.74 Å². The van der Waals surface area contributed by atoms with Crippen LogP contribution < -0.4 is 10.6 Å². The number of imidazole rings is 1. The average molecular weight is 373 g/mol. The van der Waals surface area contributed by atoms with Crippen LogP contribution in [0.15, 0.2) is 30.5 Å². The van der Waals surface area contributed by atoms with Gasteiger partial charge in [0.2, 0.25) is 11.9 Å². The van der Waals surface area contributed by atoms with E-state index >= 15 is 0 Å². The van der Waals surface area contributed by atoms with Crippen molar-refractivity contribution in [3.05, 3.63) is 35.5 Å². The quantitative estimate of drug-likeness (QED) is 0.638. The van der Waals surface area contributed by atoms with Gasteiger partial charge in [-0.2, -0.15) is 4.98 Å². The number of anilines is 3. The Morgan fingerprint density at radius 2 is 2.19 bits per heavy atom. The van der Waals surface area contributed by atoms with Crippen LogP contribution >= 0.6 is 11.6 Å². The number of halogens is 1. The minimum Gasteiger partial charge on any atom is -0.375 e. The van der Waals surface area contributed by atoms with Crippen LogP contribution in [0, 0.1) is 0 Å². The summed E-state index contributed by atoms with van der Waals surface area (Å²) >= 11 is 6.01. The molecule has 4 rings (SSSR count). The van der Waals surface area contributed by atoms with Gasteiger partial charge in [-0.05, 0) is 44.9 Å². The molecular weight excluding hydrogens is 352 g/mol. The van der Waals surface area contributed by atoms with E-state index in [4.69, 9.17) is 16.3 Å². The molecule has 3 aromatic rings. The second kappa shape index (κ2) is 6.74. The normalized spacial score (nSPS) is 19.4. The molecule has 0 amide bonds. The number of hydrogen-bond acceptors (Lipinski definition) is 6. The third-order valence-electron chi connectivity index (χ3n) is 4.36. The lowest BCUT2D eigenvalue weighted by Crippen LogP contribution is -2.40. The lowest BCUT2D eigenvalue weighted by atomic mass is 9.94. The molecule has 0 saturated carbocycles. The summed E-state index contributed by atoms with van der Waals surface area (Å²) in [6.07, 6.45) is 3.57. The van der Waals surface area contributed by atoms with Gasteiger partial charge in [-0.1, -0.05) is 17.7 Å². The number of rotatable bonds is 4. The Hall–Kier alpha value is -2.38. The molecule has 1 aliphatic rings. The Morgan fingerprint density at radius 1 is 1.31 bits per heavy atom. The van der Waals surface area contributed by atoms with E-state index < -0.39 is 0 Å². The number of H-pyrrole nitrogens is 1. The van der Waals surface area contributed by atoms with Gasteiger partial charge >= 0.3 is 0 Å². The first-order valence-corrected chi connectivity index (χ1v) is 9.00. The lowest BCUT2D eigenvalue weighted by molar-refractivity contribution is -0.0553. The molecule has 2 aromatic heterocycles. The highest BCUT2D eigenvalue weighted by atomic mass is 35.5. The van der Waals surface area contributed by atoms with Crippen molar-refractivity contribution in [2.75, 3.05) is 17.2 Å². The zero-order valence-electron chi connectivity index (χ0n) is 14.7. The largest absolute Gasteiger partial charge is 0.375 e. The minimum atomic E-state index is -0.123. The van der Waals surface area contributed by atoms with Crippen LogP contribution in [0.2, 0.25) is 5.02 Å². The van der Waals surface area contributed by atoms with Gasteiger partial charge in [0.25, 0.3) is 0 Å². The minimum absolute atomic E-state index is 0.123. The molecule has 1 aliphatic heterocycles. The number of ether oxygens (including phenoxy) is 1. The number of fused-ring (bicyclic) bond motifs is 1. The molecule has 1 atom stereocenters. The van der Waals surface area contributed by atoms with Crippen molar-refractivity contribution < 1.29 is 4.74 Å². The fourth-order valence-corrected chi connectivity index (χ4v) is 3.37. The first-order chi connectivity index (χ1) is 12.5. The fraction of sp³-hybridized carbons (Fsp3) is 0.389. The van der Waals surface area contributed by atoms with Crippen molar-refractivity contribution >= 4 is 40.3 Å². The summed E-state index contributed by atoms with van der Waals surface area (Å²) in [6, 6.07) is 7.75. The third-order valence-corrected chi connectivity index (χ3v) is 4.59. The van der Waals surface area contributed by atoms with Gasteiger partial charge in [0.1, 0.15) is 5.52 Å². The smallest absolute Gasteiger partial charge is 0.224 e. The van der Waals surface area contributed by atoms with Crippen molar-refractivity contribution in [1.82, 2.24) is 19.9 Å². The van der Waals surface area contributed by atoms with Gasteiger partial charge in [-0.25, -0.2) is 9.97 Å². The number of benzene rings is 1. The molecule has 136 valence electrons. The predicted octanol–water partition coefficient (Wildman–Crippen LogP) is 4.12. The Kier molecular flexibility index (Phi) is 4.42. The Balaban J connectivity index is 1.50. The van der Waals surface area contributed by atoms with Crippen LogP contribution in [0.5, 0.6) is 0 Å². The maximum Gasteiger partial charge on any atom is 0.224 e. The summed E-state index contributed by atoms with van der Waals surface area (Å²) < 4.78 is 5.76. The molecule has 1 unspecified atom stereocenters. The van der Waals surface area contributed by atoms with Gasteiger partial charge in [-0.15, -0.1) is 0 Å². The maximum absolute atomic E-state index is 6.01. The van der Waals surface area contributed by atoms with Crippen LogP contribution in [-0.4, -0.2) is 38.2 Å². The van der Waals surface area contributed by atoms with Crippen molar-refractivity contribution in [2.45, 2.75) is 38.3 Å². The third kappa shape index (κ3) is 3.89. The average Bonchev–Trinajstić information content (AvgIpc) is 2.95. The van der Waals surface area contributed by atoms with Crippen LogP contribution in [0.1, 0.15) is 26.7 Å². The molecule has 8 heteroatoms. The van der Waals surface area contributed by atoms with Crippen molar-refractivity contribution in [3.63, 3.8) is 0 Å². The fourth-order valence-electron chi connectivity index (χ4n) is 3.18. The molecule has 3 N–H and O–H groups in total. The molecule has 26 heavy (non-hydrogen) atoms. The molecule has 0 spiro atoms. The maximum atomic E-state index is 6.01. The number of hydrogen-bond donors (Lipinski definition) is 3. The Morgan fingerprint density at radius 3 is 3.00 bits per heavy atom. The van der Waals surface area contributed by atoms with Gasteiger partial charge in [0.15, 0.2) is 5.65 Å². The Bertz CT molecular complexity index is 925. The first-order valence-electron chi connectivity index (χ1n) is 8.63. The van der Waals surface area contributed by atoms with Crippen molar-refractivity contribution in [2.24, 2.45) is 0 Å². The van der Waals surface area contributed by atoms with Crippen molar-refractivity contribution in [1.29, 1.82) is 0 Å². The second-order valence-electron chi connectivity index (χ2n) is 7.09. The summed E-state index contributed by atoms with van der Waals surface area (Å²) in [5.74, 6) is 1.19. The van der Waals surface area contributed by atoms with Gasteiger partial charge in [0.05, 0.1) is 11.8 Å². The predicted molar refractivity (Wildman–Crippen MR) is 103 cm³/mol. The number of nitrogens with one attached hydrogen (secondary N) is 3. The SMILES string of the molecule is CC1(C)CC(Nc2ncc3nc(Nc4cccc(Cl)c4)[nH]c3n2)CCO1. The van der Waals surface area contributed by atoms with Gasteiger partial charge < -0.3 is 20.4 Å². The molecule has 0 bridgehead atoms. The topological polar surface area (TPSA) is 87.8 Å². The van der Waals surface area contributed by atoms with E-state index in [9.17, 15) is 0 Å². The summed E-state index contributed by atoms with van der Waals surface area (Å²) in [4.78, 5) is 16.6. The first kappa shape index (κ1) is 17.1. The monoisotopic (exact) mass is 372 g/mol. The zero-order valence-corrected chi connectivity index (χ0v) is 15.5. The molecule has 0 aliphatic carbocycles. The molecule has 0 radical (unpaired) electrons. The van der Waals surface area contributed by atoms with Crippen LogP contribution in [0.25, 0.3) is 11.2 Å². The summed E-state index contributed by atoms with van der Waals surface area (Å²) in [5.41, 5.74) is 2.11. The number of aromatic amines is 1. The molecule has 1 aromatic carbocycles. The summed E-state index contributed by atoms with van der Waals surface area (Å²) in [7, 11) is 0. The van der Waals surface area contributed by atoms with Crippen molar-refractivity contribution in [3.8, 4) is 0 Å². The molecule has 7 nitrogen and oxygen atoms in total. The molecule has 1 saturated heterocycles. The second-order valence-corrected chi connectivity index (χ2v) is 7.53. The number of aromatic nitrogens is 4. The van der Waals surface area contributed by atoms with E-state index in [0.717, 1.165) is 25.1 Å². The Labute approximate surface area is 156 Å². The molecule has 1 fully saturated rings. The van der Waals surface area contributed by atoms with E-state index in [1.165, 1.54) is 0 Å². The van der Waals surface area contributed by atoms with Crippen LogP contribution in [0.3, 0.4) is 0 Å². The van der Waals surface area contributed by atoms with Crippen LogP contribution in [0.4, 0.5) is 17.6 Å². The highest BCUT2D eigenvalue weighted by Gasteiger charge is 2.29. The van der Waals surface area contributed by atoms with E-state index in [1.807, 2.05) is 24.3 Å². The van der Waals surface area contributed by atoms with Gasteiger partial charge in [0, 0.05) is 23.4 Å². The van der Waals surface area contributed by atoms with E-state index in [0.29, 0.717) is 34.1 Å². The highest BCUT2D eigenvalue weighted by Crippen LogP contribution is 2.26. The zero-order chi connectivity index (χ0) is 18.1. The number of nitrogens with zero attached hydrogens (tertiary/aromatic N) is 3. The molecular formula is C18H21ClN6O. The summed E-state index contributed by atoms with van der Waals surface area (Å²) in [5, 5.41) is 7.26. The van der Waals surface area contributed by atoms with E-state index in [1.54, 1.807) is 6.20 Å². The van der Waals surface area contributed by atoms with E-state index in [2.05, 4.69) is 44.4 Å². The van der Waals surface area contributed by atoms with E-state index in [-0.39, 0.29) is 5.60 Å². The lowest BCUT2D eigenvalue weighted by Gasteiger charge is -2.35. The standard InChI is InChI=1S/C18H21ClN6O/c1-18(2)9-13(6-7-26-18)22-16-20-10-14-15(24-16)25-17(23-14)21-12-5-3-4-11(19)8-12/h3-5,8,10,13H,6-7,9H2,1-2H3,(H3,20,21,22,23,24,25). The van der Waals surface area contributed by atoms with Gasteiger partial charge in [-0.3, -0.25) is 0 Å². The highest BCUT2D eigenvalue weighted by molar-refractivity contribution is 6.30. The molecule has 3 heterocycles. The summed E-state index contributed by atoms with van der Waals surface area (Å²) in [6.45, 7) is 4.95.